The van der Waals surface area contributed by atoms with Crippen LogP contribution in [0.25, 0.3) is 0 Å². The Morgan fingerprint density at radius 2 is 1.88 bits per heavy atom. The van der Waals surface area contributed by atoms with E-state index in [-0.39, 0.29) is 30.1 Å². The van der Waals surface area contributed by atoms with Crippen LogP contribution in [0.15, 0.2) is 24.3 Å². The van der Waals surface area contributed by atoms with E-state index in [1.165, 1.54) is 0 Å². The summed E-state index contributed by atoms with van der Waals surface area (Å²) in [4.78, 5) is 17.3. The summed E-state index contributed by atoms with van der Waals surface area (Å²) in [5.74, 6) is 1.21. The molecule has 2 rings (SSSR count). The van der Waals surface area contributed by atoms with Crippen LogP contribution in [0.4, 0.5) is 0 Å². The van der Waals surface area contributed by atoms with E-state index in [1.807, 2.05) is 36.2 Å². The zero-order valence-corrected chi connectivity index (χ0v) is 16.4. The largest absolute Gasteiger partial charge is 0.496 e. The Morgan fingerprint density at radius 3 is 2.44 bits per heavy atom. The number of para-hydroxylation sites is 1. The van der Waals surface area contributed by atoms with Gasteiger partial charge in [-0.2, -0.15) is 0 Å². The molecule has 1 aromatic rings. The summed E-state index contributed by atoms with van der Waals surface area (Å²) in [6.45, 7) is 10.5. The molecule has 1 heterocycles. The number of hydrogen-bond donors (Lipinski definition) is 0. The van der Waals surface area contributed by atoms with E-state index in [0.29, 0.717) is 6.54 Å². The predicted octanol–water partition coefficient (Wildman–Crippen LogP) is 2.79. The van der Waals surface area contributed by atoms with Crippen LogP contribution in [-0.2, 0) is 16.1 Å². The number of rotatable bonds is 6. The molecular formula is C20H32N2O3. The van der Waals surface area contributed by atoms with E-state index >= 15 is 0 Å². The molecule has 5 nitrogen and oxygen atoms in total. The number of morpholine rings is 1. The first-order chi connectivity index (χ1) is 11.8. The zero-order valence-electron chi connectivity index (χ0n) is 16.4. The van der Waals surface area contributed by atoms with E-state index in [0.717, 1.165) is 24.4 Å². The number of nitrogens with zero attached hydrogens (tertiary/aromatic N) is 2. The molecule has 1 fully saturated rings. The van der Waals surface area contributed by atoms with Crippen LogP contribution in [0.5, 0.6) is 5.75 Å². The standard InChI is InChI=1S/C20H32N2O3/c1-14(2)19(22-11-15(3)25-16(4)12-22)20(23)21(5)13-17-9-7-8-10-18(17)24-6/h7-10,14-16,19H,11-13H2,1-6H3. The maximum Gasteiger partial charge on any atom is 0.240 e. The highest BCUT2D eigenvalue weighted by molar-refractivity contribution is 5.82. The van der Waals surface area contributed by atoms with Crippen LogP contribution in [-0.4, -0.2) is 61.2 Å². The lowest BCUT2D eigenvalue weighted by Crippen LogP contribution is -2.57. The van der Waals surface area contributed by atoms with Gasteiger partial charge in [-0.05, 0) is 25.8 Å². The number of carbonyl (C=O) groups excluding carboxylic acids is 1. The minimum atomic E-state index is -0.131. The summed E-state index contributed by atoms with van der Waals surface area (Å²) >= 11 is 0. The maximum atomic E-state index is 13.2. The third-order valence-corrected chi connectivity index (χ3v) is 4.70. The van der Waals surface area contributed by atoms with E-state index in [9.17, 15) is 4.79 Å². The van der Waals surface area contributed by atoms with Gasteiger partial charge in [0.2, 0.25) is 5.91 Å². The quantitative estimate of drug-likeness (QED) is 0.793. The monoisotopic (exact) mass is 348 g/mol. The first kappa shape index (κ1) is 19.7. The molecule has 0 spiro atoms. The topological polar surface area (TPSA) is 42.0 Å². The number of amides is 1. The van der Waals surface area contributed by atoms with Crippen LogP contribution in [0.2, 0.25) is 0 Å². The fourth-order valence-electron chi connectivity index (χ4n) is 3.70. The summed E-state index contributed by atoms with van der Waals surface area (Å²) in [5.41, 5.74) is 1.02. The number of likely N-dealkylation sites (N-methyl/N-ethyl adjacent to an activating group) is 1. The normalized spacial score (nSPS) is 22.7. The van der Waals surface area contributed by atoms with Crippen molar-refractivity contribution < 1.29 is 14.3 Å². The van der Waals surface area contributed by atoms with Crippen LogP contribution in [0.3, 0.4) is 0 Å². The molecule has 0 radical (unpaired) electrons. The Kier molecular flexibility index (Phi) is 6.85. The van der Waals surface area contributed by atoms with E-state index in [4.69, 9.17) is 9.47 Å². The first-order valence-corrected chi connectivity index (χ1v) is 9.09. The molecule has 1 amide bonds. The van der Waals surface area contributed by atoms with Gasteiger partial charge in [0.25, 0.3) is 0 Å². The number of benzene rings is 1. The van der Waals surface area contributed by atoms with Gasteiger partial charge in [0, 0.05) is 32.2 Å². The van der Waals surface area contributed by atoms with Gasteiger partial charge >= 0.3 is 0 Å². The molecule has 0 aliphatic carbocycles. The van der Waals surface area contributed by atoms with Gasteiger partial charge in [0.1, 0.15) is 5.75 Å². The second-order valence-corrected chi connectivity index (χ2v) is 7.41. The van der Waals surface area contributed by atoms with E-state index in [1.54, 1.807) is 7.11 Å². The molecular weight excluding hydrogens is 316 g/mol. The molecule has 3 unspecified atom stereocenters. The predicted molar refractivity (Wildman–Crippen MR) is 99.7 cm³/mol. The van der Waals surface area contributed by atoms with Crippen molar-refractivity contribution in [3.8, 4) is 5.75 Å². The average molecular weight is 348 g/mol. The van der Waals surface area contributed by atoms with Crippen molar-refractivity contribution in [3.05, 3.63) is 29.8 Å². The second kappa shape index (κ2) is 8.68. The molecule has 25 heavy (non-hydrogen) atoms. The lowest BCUT2D eigenvalue weighted by Gasteiger charge is -2.42. The van der Waals surface area contributed by atoms with Crippen molar-refractivity contribution >= 4 is 5.91 Å². The van der Waals surface area contributed by atoms with E-state index < -0.39 is 0 Å². The smallest absolute Gasteiger partial charge is 0.240 e. The van der Waals surface area contributed by atoms with Gasteiger partial charge in [-0.3, -0.25) is 9.69 Å². The Labute approximate surface area is 151 Å². The third-order valence-electron chi connectivity index (χ3n) is 4.70. The second-order valence-electron chi connectivity index (χ2n) is 7.41. The molecule has 1 aliphatic heterocycles. The van der Waals surface area contributed by atoms with Crippen LogP contribution in [0, 0.1) is 5.92 Å². The number of ether oxygens (including phenoxy) is 2. The van der Waals surface area contributed by atoms with Crippen molar-refractivity contribution in [1.82, 2.24) is 9.80 Å². The molecule has 140 valence electrons. The van der Waals surface area contributed by atoms with Crippen LogP contribution < -0.4 is 4.74 Å². The van der Waals surface area contributed by atoms with Crippen molar-refractivity contribution in [3.63, 3.8) is 0 Å². The Balaban J connectivity index is 2.13. The number of carbonyl (C=O) groups is 1. The molecule has 0 saturated carbocycles. The van der Waals surface area contributed by atoms with Gasteiger partial charge in [-0.1, -0.05) is 32.0 Å². The fourth-order valence-corrected chi connectivity index (χ4v) is 3.70. The average Bonchev–Trinajstić information content (AvgIpc) is 2.54. The molecule has 0 aromatic heterocycles. The fraction of sp³-hybridized carbons (Fsp3) is 0.650. The summed E-state index contributed by atoms with van der Waals surface area (Å²) in [6.07, 6.45) is 0.301. The minimum absolute atomic E-state index is 0.131. The Morgan fingerprint density at radius 1 is 1.28 bits per heavy atom. The van der Waals surface area contributed by atoms with Crippen molar-refractivity contribution in [1.29, 1.82) is 0 Å². The van der Waals surface area contributed by atoms with Crippen molar-refractivity contribution in [2.24, 2.45) is 5.92 Å². The van der Waals surface area contributed by atoms with Crippen LogP contribution >= 0.6 is 0 Å². The molecule has 1 aromatic carbocycles. The molecule has 1 saturated heterocycles. The number of hydrogen-bond acceptors (Lipinski definition) is 4. The lowest BCUT2D eigenvalue weighted by molar-refractivity contribution is -0.144. The number of methoxy groups -OCH3 is 1. The highest BCUT2D eigenvalue weighted by atomic mass is 16.5. The summed E-state index contributed by atoms with van der Waals surface area (Å²) < 4.78 is 11.2. The van der Waals surface area contributed by atoms with Crippen LogP contribution in [0.1, 0.15) is 33.3 Å². The zero-order chi connectivity index (χ0) is 18.6. The maximum absolute atomic E-state index is 13.2. The summed E-state index contributed by atoms with van der Waals surface area (Å²) in [5, 5.41) is 0. The Hall–Kier alpha value is -1.59. The molecule has 1 aliphatic rings. The highest BCUT2D eigenvalue weighted by Crippen LogP contribution is 2.23. The van der Waals surface area contributed by atoms with Crippen molar-refractivity contribution in [2.45, 2.75) is 52.5 Å². The van der Waals surface area contributed by atoms with Gasteiger partial charge in [0.15, 0.2) is 0 Å². The molecule has 5 heteroatoms. The molecule has 0 N–H and O–H groups in total. The highest BCUT2D eigenvalue weighted by Gasteiger charge is 2.35. The summed E-state index contributed by atoms with van der Waals surface area (Å²) in [6, 6.07) is 7.72. The van der Waals surface area contributed by atoms with E-state index in [2.05, 4.69) is 32.6 Å². The molecule has 0 bridgehead atoms. The summed E-state index contributed by atoms with van der Waals surface area (Å²) in [7, 11) is 3.53. The Bertz CT molecular complexity index is 566. The minimum Gasteiger partial charge on any atom is -0.496 e. The van der Waals surface area contributed by atoms with Gasteiger partial charge in [0.05, 0.1) is 25.4 Å². The lowest BCUT2D eigenvalue weighted by atomic mass is 9.99. The van der Waals surface area contributed by atoms with Gasteiger partial charge in [-0.15, -0.1) is 0 Å². The third kappa shape index (κ3) is 4.95. The SMILES string of the molecule is COc1ccccc1CN(C)C(=O)C(C(C)C)N1CC(C)OC(C)C1. The van der Waals surface area contributed by atoms with Gasteiger partial charge in [-0.25, -0.2) is 0 Å². The van der Waals surface area contributed by atoms with Crippen molar-refractivity contribution in [2.75, 3.05) is 27.2 Å². The van der Waals surface area contributed by atoms with Gasteiger partial charge < -0.3 is 14.4 Å². The molecule has 3 atom stereocenters. The first-order valence-electron chi connectivity index (χ1n) is 9.09.